The van der Waals surface area contributed by atoms with E-state index in [1.54, 1.807) is 23.2 Å². The van der Waals surface area contributed by atoms with Gasteiger partial charge in [-0.2, -0.15) is 15.6 Å². The SMILES string of the molecule is N#CCC1(n2cc(-c3ncnc4[nH]ccc34)cn2)CN(C2CCN(C(=O)c3ccc(-c4ccc(C#N)c(F)c4)c(F)c3)CC2)C1. The second kappa shape index (κ2) is 11.2. The molecule has 2 aromatic carbocycles. The number of aromatic nitrogens is 5. The van der Waals surface area contributed by atoms with Gasteiger partial charge in [-0.15, -0.1) is 0 Å². The number of carbonyl (C=O) groups excluding carboxylic acids is 1. The average molecular weight is 604 g/mol. The number of fused-ring (bicyclic) bond motifs is 1. The van der Waals surface area contributed by atoms with Crippen LogP contribution >= 0.6 is 0 Å². The lowest BCUT2D eigenvalue weighted by molar-refractivity contribution is -0.0412. The zero-order chi connectivity index (χ0) is 31.1. The van der Waals surface area contributed by atoms with Crippen LogP contribution in [0.3, 0.4) is 0 Å². The molecule has 5 heterocycles. The highest BCUT2D eigenvalue weighted by Crippen LogP contribution is 2.37. The maximum atomic E-state index is 15.0. The largest absolute Gasteiger partial charge is 0.346 e. The van der Waals surface area contributed by atoms with Crippen molar-refractivity contribution in [3.05, 3.63) is 90.1 Å². The molecule has 0 unspecified atom stereocenters. The van der Waals surface area contributed by atoms with Crippen LogP contribution in [0.5, 0.6) is 0 Å². The Bertz CT molecular complexity index is 2010. The van der Waals surface area contributed by atoms with E-state index in [9.17, 15) is 14.4 Å². The molecule has 0 atom stereocenters. The van der Waals surface area contributed by atoms with E-state index in [1.165, 1.54) is 30.6 Å². The topological polar surface area (TPSA) is 131 Å². The number of likely N-dealkylation sites (tertiary alicyclic amines) is 2. The Balaban J connectivity index is 0.989. The highest BCUT2D eigenvalue weighted by Gasteiger charge is 2.48. The first kappa shape index (κ1) is 28.3. The number of nitrogens with zero attached hydrogens (tertiary/aromatic N) is 8. The predicted molar refractivity (Wildman–Crippen MR) is 160 cm³/mol. The summed E-state index contributed by atoms with van der Waals surface area (Å²) in [5.41, 5.74) is 2.52. The maximum absolute atomic E-state index is 15.0. The summed E-state index contributed by atoms with van der Waals surface area (Å²) in [5.74, 6) is -1.61. The number of aromatic amines is 1. The number of nitriles is 2. The third-order valence-electron chi connectivity index (χ3n) is 8.98. The van der Waals surface area contributed by atoms with Crippen LogP contribution in [0.4, 0.5) is 8.78 Å². The fraction of sp³-hybridized carbons (Fsp3) is 0.273. The van der Waals surface area contributed by atoms with Crippen LogP contribution in [0, 0.1) is 34.3 Å². The molecular weight excluding hydrogens is 576 g/mol. The van der Waals surface area contributed by atoms with Gasteiger partial charge in [0.25, 0.3) is 5.91 Å². The van der Waals surface area contributed by atoms with Crippen molar-refractivity contribution >= 4 is 16.9 Å². The number of benzene rings is 2. The summed E-state index contributed by atoms with van der Waals surface area (Å²) in [7, 11) is 0. The molecule has 10 nitrogen and oxygen atoms in total. The van der Waals surface area contributed by atoms with E-state index < -0.39 is 17.2 Å². The molecule has 1 N–H and O–H groups in total. The van der Waals surface area contributed by atoms with E-state index >= 15 is 4.39 Å². The number of halogens is 2. The summed E-state index contributed by atoms with van der Waals surface area (Å²) in [5, 5.41) is 24.2. The lowest BCUT2D eigenvalue weighted by atomic mass is 9.83. The van der Waals surface area contributed by atoms with E-state index in [0.29, 0.717) is 38.2 Å². The lowest BCUT2D eigenvalue weighted by Gasteiger charge is -2.53. The molecule has 5 aromatic rings. The van der Waals surface area contributed by atoms with Gasteiger partial charge < -0.3 is 9.88 Å². The van der Waals surface area contributed by atoms with Gasteiger partial charge in [-0.25, -0.2) is 18.7 Å². The zero-order valence-electron chi connectivity index (χ0n) is 24.1. The van der Waals surface area contributed by atoms with E-state index in [4.69, 9.17) is 5.26 Å². The molecule has 0 saturated carbocycles. The Morgan fingerprint density at radius 2 is 1.84 bits per heavy atom. The molecule has 2 aliphatic heterocycles. The molecule has 12 heteroatoms. The van der Waals surface area contributed by atoms with Gasteiger partial charge in [-0.3, -0.25) is 14.4 Å². The first-order valence-electron chi connectivity index (χ1n) is 14.6. The molecule has 7 rings (SSSR count). The summed E-state index contributed by atoms with van der Waals surface area (Å²) in [6.07, 6.45) is 8.91. The maximum Gasteiger partial charge on any atom is 0.253 e. The van der Waals surface area contributed by atoms with Crippen LogP contribution < -0.4 is 0 Å². The summed E-state index contributed by atoms with van der Waals surface area (Å²) in [4.78, 5) is 29.1. The minimum atomic E-state index is -0.723. The van der Waals surface area contributed by atoms with Crippen LogP contribution in [-0.4, -0.2) is 72.7 Å². The molecule has 2 aliphatic rings. The van der Waals surface area contributed by atoms with Crippen molar-refractivity contribution in [1.29, 1.82) is 10.5 Å². The van der Waals surface area contributed by atoms with Crippen molar-refractivity contribution in [3.8, 4) is 34.5 Å². The third kappa shape index (κ3) is 4.99. The fourth-order valence-electron chi connectivity index (χ4n) is 6.53. The van der Waals surface area contributed by atoms with Gasteiger partial charge in [-0.05, 0) is 48.7 Å². The Morgan fingerprint density at radius 1 is 1.02 bits per heavy atom. The average Bonchev–Trinajstić information content (AvgIpc) is 3.73. The normalized spacial score (nSPS) is 16.7. The summed E-state index contributed by atoms with van der Waals surface area (Å²) >= 11 is 0. The van der Waals surface area contributed by atoms with E-state index in [0.717, 1.165) is 41.2 Å². The predicted octanol–water partition coefficient (Wildman–Crippen LogP) is 4.87. The minimum Gasteiger partial charge on any atom is -0.346 e. The molecule has 0 bridgehead atoms. The second-order valence-electron chi connectivity index (χ2n) is 11.6. The van der Waals surface area contributed by atoms with Crippen LogP contribution in [-0.2, 0) is 5.54 Å². The lowest BCUT2D eigenvalue weighted by Crippen LogP contribution is -2.66. The molecule has 3 aromatic heterocycles. The third-order valence-corrected chi connectivity index (χ3v) is 8.98. The Labute approximate surface area is 257 Å². The van der Waals surface area contributed by atoms with Gasteiger partial charge in [-0.1, -0.05) is 12.1 Å². The van der Waals surface area contributed by atoms with Gasteiger partial charge in [0.2, 0.25) is 0 Å². The highest BCUT2D eigenvalue weighted by atomic mass is 19.1. The number of H-pyrrole nitrogens is 1. The number of nitrogens with one attached hydrogen (secondary N) is 1. The Kier molecular flexibility index (Phi) is 7.07. The van der Waals surface area contributed by atoms with Crippen molar-refractivity contribution in [2.75, 3.05) is 26.2 Å². The van der Waals surface area contributed by atoms with E-state index in [-0.39, 0.29) is 28.6 Å². The molecule has 0 radical (unpaired) electrons. The number of hydrogen-bond acceptors (Lipinski definition) is 7. The van der Waals surface area contributed by atoms with E-state index in [1.807, 2.05) is 23.1 Å². The van der Waals surface area contributed by atoms with Crippen molar-refractivity contribution in [1.82, 2.24) is 34.5 Å². The van der Waals surface area contributed by atoms with Gasteiger partial charge in [0.05, 0.1) is 29.9 Å². The molecule has 224 valence electrons. The molecule has 45 heavy (non-hydrogen) atoms. The Hall–Kier alpha value is -5.46. The first-order valence-corrected chi connectivity index (χ1v) is 14.6. The van der Waals surface area contributed by atoms with Gasteiger partial charge in [0, 0.05) is 66.7 Å². The standard InChI is InChI=1S/C33H27F2N9O/c34-28-13-21(1-2-23(28)15-37)26-4-3-22(14-29(26)35)32(45)42-11-6-25(7-12-42)43-18-33(19-43,8-9-36)44-17-24(16-41-44)30-27-5-10-38-31(27)40-20-39-30/h1-5,10,13-14,16-17,20,25H,6-8,11-12,18-19H2,(H,38,39,40). The minimum absolute atomic E-state index is 0.115. The summed E-state index contributed by atoms with van der Waals surface area (Å²) < 4.78 is 31.0. The molecule has 2 fully saturated rings. The highest BCUT2D eigenvalue weighted by molar-refractivity contribution is 5.95. The van der Waals surface area contributed by atoms with Crippen LogP contribution in [0.2, 0.25) is 0 Å². The van der Waals surface area contributed by atoms with Crippen LogP contribution in [0.1, 0.15) is 35.2 Å². The van der Waals surface area contributed by atoms with Gasteiger partial charge in [0.15, 0.2) is 0 Å². The molecular formula is C33H27F2N9O. The van der Waals surface area contributed by atoms with E-state index in [2.05, 4.69) is 31.0 Å². The Morgan fingerprint density at radius 3 is 2.58 bits per heavy atom. The van der Waals surface area contributed by atoms with Crippen molar-refractivity contribution < 1.29 is 13.6 Å². The van der Waals surface area contributed by atoms with Crippen molar-refractivity contribution in [2.45, 2.75) is 30.8 Å². The molecule has 0 spiro atoms. The van der Waals surface area contributed by atoms with Crippen LogP contribution in [0.15, 0.2) is 67.4 Å². The quantitative estimate of drug-likeness (QED) is 0.293. The number of rotatable bonds is 6. The molecule has 2 saturated heterocycles. The first-order chi connectivity index (χ1) is 21.9. The fourth-order valence-corrected chi connectivity index (χ4v) is 6.53. The number of amides is 1. The second-order valence-corrected chi connectivity index (χ2v) is 11.6. The zero-order valence-corrected chi connectivity index (χ0v) is 24.1. The summed E-state index contributed by atoms with van der Waals surface area (Å²) in [6, 6.07) is 14.4. The van der Waals surface area contributed by atoms with Gasteiger partial charge in [0.1, 0.15) is 35.2 Å². The van der Waals surface area contributed by atoms with Crippen molar-refractivity contribution in [3.63, 3.8) is 0 Å². The number of piperidine rings is 1. The number of carbonyl (C=O) groups is 1. The smallest absolute Gasteiger partial charge is 0.253 e. The molecule has 0 aliphatic carbocycles. The molecule has 1 amide bonds. The van der Waals surface area contributed by atoms with Crippen LogP contribution in [0.25, 0.3) is 33.4 Å². The van der Waals surface area contributed by atoms with Crippen molar-refractivity contribution in [2.24, 2.45) is 0 Å². The number of hydrogen-bond donors (Lipinski definition) is 1. The monoisotopic (exact) mass is 603 g/mol. The van der Waals surface area contributed by atoms with Gasteiger partial charge >= 0.3 is 0 Å². The summed E-state index contributed by atoms with van der Waals surface area (Å²) in [6.45, 7) is 2.40.